The highest BCUT2D eigenvalue weighted by Gasteiger charge is 2.49. The Morgan fingerprint density at radius 1 is 0.964 bits per heavy atom. The highest BCUT2D eigenvalue weighted by atomic mass is 19.1. The van der Waals surface area contributed by atoms with Crippen molar-refractivity contribution >= 4 is 46.7 Å². The van der Waals surface area contributed by atoms with E-state index in [9.17, 15) is 59.1 Å². The van der Waals surface area contributed by atoms with Crippen molar-refractivity contribution in [2.75, 3.05) is 39.6 Å². The van der Waals surface area contributed by atoms with Crippen LogP contribution in [0.2, 0.25) is 0 Å². The molecule has 4 aromatic rings. The van der Waals surface area contributed by atoms with Gasteiger partial charge in [-0.1, -0.05) is 25.8 Å². The minimum absolute atomic E-state index is 0.0431. The number of aliphatic hydroxyl groups is 4. The molecule has 8 rings (SSSR count). The maximum atomic E-state index is 15.4. The predicted molar refractivity (Wildman–Crippen MR) is 289 cm³/mol. The van der Waals surface area contributed by atoms with Crippen LogP contribution in [0.4, 0.5) is 9.18 Å². The molecular weight excluding hydrogens is 1090 g/mol. The first kappa shape index (κ1) is 61.5. The number of aryl methyl sites for hydroxylation is 1. The summed E-state index contributed by atoms with van der Waals surface area (Å²) in [5.74, 6) is -1.86. The minimum Gasteiger partial charge on any atom is -0.479 e. The third-order valence-electron chi connectivity index (χ3n) is 15.1. The van der Waals surface area contributed by atoms with Crippen LogP contribution in [-0.2, 0) is 86.0 Å². The van der Waals surface area contributed by atoms with Crippen molar-refractivity contribution in [2.45, 2.75) is 147 Å². The largest absolute Gasteiger partial charge is 0.479 e. The van der Waals surface area contributed by atoms with Crippen molar-refractivity contribution < 1.29 is 87.1 Å². The Bertz CT molecular complexity index is 3240. The zero-order chi connectivity index (χ0) is 59.7. The fraction of sp³-hybridized carbons (Fsp3) is 0.509. The predicted octanol–water partition coefficient (Wildman–Crippen LogP) is 1.11. The molecule has 10 N–H and O–H groups in total. The van der Waals surface area contributed by atoms with Crippen molar-refractivity contribution in [1.82, 2.24) is 36.1 Å². The summed E-state index contributed by atoms with van der Waals surface area (Å²) in [5.41, 5.74) is 1.87. The number of cyclic esters (lactones) is 1. The topological polar surface area (TPSA) is 354 Å². The summed E-state index contributed by atoms with van der Waals surface area (Å²) in [5, 5.41) is 66.3. The number of carbonyl (C=O) groups is 6. The van der Waals surface area contributed by atoms with Crippen LogP contribution in [0.25, 0.3) is 22.3 Å². The molecule has 2 aromatic heterocycles. The molecular formula is C57H68FN7O18. The van der Waals surface area contributed by atoms with Crippen LogP contribution in [0.3, 0.4) is 0 Å². The van der Waals surface area contributed by atoms with E-state index in [0.29, 0.717) is 68.5 Å². The van der Waals surface area contributed by atoms with E-state index in [0.717, 1.165) is 32.1 Å². The number of ether oxygens (including phenoxy) is 6. The standard InChI is InChI=1S/C57H68FN7O18/c1-5-7-8-9-10-11-29(3)79-27-43(67)60-17-16-59-21-32-18-31(12-15-41(32)82-54-50(71)48(69)49(70)51(83-54)53(73)74)24-81-56(76)61-22-42(66)62-28-78-26-44(68)63-38-14-13-33-30(4)37(58)20-39-45(33)46(38)34-23-65-40(47(34)64-39)19-36-35(52(65)72)25-80-55(75)57(36,77)6-2/h1,12,15,18-20,29,38,48-51,54,59,69-71,77H,6-11,13-14,16-17,21-28H2,2-4H3,(H,60,67)(H,61,76)(H,62,66)(H,63,68)(H,73,74)/t29?,38-,48-,49-,50+,51-,54+,57-/m0/s1. The lowest BCUT2D eigenvalue weighted by Gasteiger charge is -2.38. The molecule has 83 heavy (non-hydrogen) atoms. The van der Waals surface area contributed by atoms with Gasteiger partial charge < -0.3 is 85.1 Å². The van der Waals surface area contributed by atoms with Gasteiger partial charge in [-0.15, -0.1) is 12.3 Å². The normalized spacial score (nSPS) is 21.6. The number of amides is 4. The molecule has 0 saturated carbocycles. The lowest BCUT2D eigenvalue weighted by atomic mass is 9.81. The number of pyridine rings is 2. The molecule has 8 atom stereocenters. The maximum absolute atomic E-state index is 15.4. The lowest BCUT2D eigenvalue weighted by Crippen LogP contribution is -2.61. The second kappa shape index (κ2) is 27.2. The molecule has 0 spiro atoms. The quantitative estimate of drug-likeness (QED) is 0.0160. The van der Waals surface area contributed by atoms with Crippen molar-refractivity contribution in [3.8, 4) is 29.5 Å². The van der Waals surface area contributed by atoms with Gasteiger partial charge in [0.15, 0.2) is 11.7 Å². The van der Waals surface area contributed by atoms with Gasteiger partial charge in [-0.2, -0.15) is 0 Å². The monoisotopic (exact) mass is 1160 g/mol. The maximum Gasteiger partial charge on any atom is 0.407 e. The highest BCUT2D eigenvalue weighted by molar-refractivity contribution is 5.94. The van der Waals surface area contributed by atoms with E-state index in [1.54, 1.807) is 26.0 Å². The number of halogens is 1. The van der Waals surface area contributed by atoms with Crippen molar-refractivity contribution in [2.24, 2.45) is 0 Å². The summed E-state index contributed by atoms with van der Waals surface area (Å²) in [4.78, 5) is 94.6. The van der Waals surface area contributed by atoms with Gasteiger partial charge in [-0.25, -0.2) is 23.8 Å². The van der Waals surface area contributed by atoms with Gasteiger partial charge >= 0.3 is 18.0 Å². The van der Waals surface area contributed by atoms with Crippen LogP contribution in [-0.4, -0.2) is 147 Å². The molecule has 0 bridgehead atoms. The summed E-state index contributed by atoms with van der Waals surface area (Å²) in [6, 6.07) is 6.70. The number of terminal acetylenes is 1. The van der Waals surface area contributed by atoms with E-state index in [1.165, 1.54) is 22.8 Å². The number of alkyl carbamates (subject to hydrolysis) is 1. The number of rotatable bonds is 26. The molecule has 26 heteroatoms. The zero-order valence-electron chi connectivity index (χ0n) is 46.0. The van der Waals surface area contributed by atoms with E-state index >= 15 is 4.39 Å². The first-order chi connectivity index (χ1) is 39.7. The number of nitrogens with one attached hydrogen (secondary N) is 5. The summed E-state index contributed by atoms with van der Waals surface area (Å²) < 4.78 is 49.6. The SMILES string of the molecule is C#CCCCCCC(C)OCC(=O)NCCNCc1cc(COC(=O)NCC(=O)NCOCC(=O)N[C@H]2CCc3c(C)c(F)cc4nc5c(c2c34)Cn2c-5cc3c(c2=O)COC(=O)[C@]3(O)CC)ccc1O[C@@H]1O[C@H](C(=O)O)[C@@H](O)[C@H](O)[C@H]1O. The number of benzene rings is 2. The van der Waals surface area contributed by atoms with E-state index < -0.39 is 103 Å². The van der Waals surface area contributed by atoms with E-state index in [2.05, 4.69) is 32.5 Å². The Morgan fingerprint density at radius 2 is 1.76 bits per heavy atom. The number of aliphatic carboxylic acids is 1. The molecule has 1 aliphatic carbocycles. The second-order valence-electron chi connectivity index (χ2n) is 20.7. The number of hydrogen-bond donors (Lipinski definition) is 10. The number of carbonyl (C=O) groups excluding carboxylic acids is 5. The first-order valence-corrected chi connectivity index (χ1v) is 27.3. The summed E-state index contributed by atoms with van der Waals surface area (Å²) >= 11 is 0. The number of fused-ring (bicyclic) bond motifs is 5. The van der Waals surface area contributed by atoms with Crippen molar-refractivity contribution in [3.63, 3.8) is 0 Å². The Balaban J connectivity index is 0.820. The highest BCUT2D eigenvalue weighted by Crippen LogP contribution is 2.46. The average molecular weight is 1160 g/mol. The molecule has 4 amide bonds. The van der Waals surface area contributed by atoms with Gasteiger partial charge in [0.2, 0.25) is 24.0 Å². The average Bonchev–Trinajstić information content (AvgIpc) is 3.94. The molecule has 446 valence electrons. The van der Waals surface area contributed by atoms with Crippen LogP contribution < -0.4 is 36.9 Å². The zero-order valence-corrected chi connectivity index (χ0v) is 46.0. The third kappa shape index (κ3) is 13.9. The Hall–Kier alpha value is -7.61. The smallest absolute Gasteiger partial charge is 0.407 e. The lowest BCUT2D eigenvalue weighted by molar-refractivity contribution is -0.271. The van der Waals surface area contributed by atoms with E-state index in [-0.39, 0.29) is 81.3 Å². The van der Waals surface area contributed by atoms with Gasteiger partial charge in [-0.3, -0.25) is 19.2 Å². The van der Waals surface area contributed by atoms with Crippen LogP contribution in [0.15, 0.2) is 35.1 Å². The number of esters is 1. The Kier molecular flexibility index (Phi) is 20.1. The fourth-order valence-corrected chi connectivity index (χ4v) is 10.6. The molecule has 1 unspecified atom stereocenters. The molecule has 5 heterocycles. The molecule has 2 aromatic carbocycles. The molecule has 0 radical (unpaired) electrons. The number of aliphatic hydroxyl groups excluding tert-OH is 3. The molecule has 1 saturated heterocycles. The Morgan fingerprint density at radius 3 is 2.52 bits per heavy atom. The van der Waals surface area contributed by atoms with Gasteiger partial charge in [-0.05, 0) is 86.4 Å². The third-order valence-corrected chi connectivity index (χ3v) is 15.1. The minimum atomic E-state index is -2.06. The number of unbranched alkanes of at least 4 members (excludes halogenated alkanes) is 3. The van der Waals surface area contributed by atoms with Gasteiger partial charge in [0, 0.05) is 54.2 Å². The number of aromatic nitrogens is 2. The molecule has 1 fully saturated rings. The number of hydrogen-bond acceptors (Lipinski definition) is 19. The number of carboxylic acid groups (broad SMARTS) is 1. The summed E-state index contributed by atoms with van der Waals surface area (Å²) in [6.07, 6.45) is -0.157. The first-order valence-electron chi connectivity index (χ1n) is 27.3. The fourth-order valence-electron chi connectivity index (χ4n) is 10.6. The van der Waals surface area contributed by atoms with Crippen LogP contribution in [0, 0.1) is 25.1 Å². The number of carboxylic acids is 1. The number of nitrogens with zero attached hydrogens (tertiary/aromatic N) is 2. The van der Waals surface area contributed by atoms with Gasteiger partial charge in [0.05, 0.1) is 41.2 Å². The van der Waals surface area contributed by atoms with Crippen LogP contribution in [0.5, 0.6) is 5.75 Å². The van der Waals surface area contributed by atoms with E-state index in [4.69, 9.17) is 39.8 Å². The summed E-state index contributed by atoms with van der Waals surface area (Å²) in [6.45, 7) is 3.45. The van der Waals surface area contributed by atoms with Crippen molar-refractivity contribution in [1.29, 1.82) is 0 Å². The van der Waals surface area contributed by atoms with Crippen LogP contribution in [0.1, 0.15) is 109 Å². The van der Waals surface area contributed by atoms with E-state index in [1.807, 2.05) is 6.92 Å². The summed E-state index contributed by atoms with van der Waals surface area (Å²) in [7, 11) is 0. The van der Waals surface area contributed by atoms with Crippen molar-refractivity contribution in [3.05, 3.63) is 91.0 Å². The molecule has 3 aliphatic heterocycles. The second-order valence-corrected chi connectivity index (χ2v) is 20.7. The van der Waals surface area contributed by atoms with Crippen LogP contribution >= 0.6 is 0 Å². The molecule has 4 aliphatic rings. The Labute approximate surface area is 475 Å². The van der Waals surface area contributed by atoms with Gasteiger partial charge in [0.1, 0.15) is 69.6 Å². The van der Waals surface area contributed by atoms with Gasteiger partial charge in [0.25, 0.3) is 5.56 Å². The molecule has 25 nitrogen and oxygen atoms in total.